The van der Waals surface area contributed by atoms with Crippen LogP contribution in [0, 0.1) is 5.82 Å². The Morgan fingerprint density at radius 2 is 1.88 bits per heavy atom. The van der Waals surface area contributed by atoms with E-state index in [-0.39, 0.29) is 23.2 Å². The summed E-state index contributed by atoms with van der Waals surface area (Å²) in [5, 5.41) is 7.24. The van der Waals surface area contributed by atoms with E-state index in [0.29, 0.717) is 29.3 Å². The highest BCUT2D eigenvalue weighted by Gasteiger charge is 2.17. The number of sulfone groups is 1. The molecule has 0 amide bonds. The summed E-state index contributed by atoms with van der Waals surface area (Å²) in [5.41, 5.74) is 3.69. The molecule has 0 saturated carbocycles. The average Bonchev–Trinajstić information content (AvgIpc) is 3.56. The Hall–Kier alpha value is -4.37. The number of hydrogen-bond donors (Lipinski definition) is 1. The van der Waals surface area contributed by atoms with Gasteiger partial charge in [0.25, 0.3) is 0 Å². The monoisotopic (exact) mass is 747 g/mol. The molecule has 6 rings (SSSR count). The fraction of sp³-hybridized carbons (Fsp3) is 0.206. The molecule has 0 bridgehead atoms. The number of thiazole rings is 1. The lowest BCUT2D eigenvalue weighted by Gasteiger charge is -2.15. The first-order chi connectivity index (χ1) is 23.2. The second-order valence-electron chi connectivity index (χ2n) is 11.0. The fourth-order valence-electron chi connectivity index (χ4n) is 4.89. The van der Waals surface area contributed by atoms with Crippen molar-refractivity contribution >= 4 is 59.5 Å². The van der Waals surface area contributed by atoms with Gasteiger partial charge in [-0.25, -0.2) is 32.7 Å². The van der Waals surface area contributed by atoms with Crippen LogP contribution in [-0.4, -0.2) is 64.1 Å². The average molecular weight is 749 g/mol. The van der Waals surface area contributed by atoms with Gasteiger partial charge < -0.3 is 15.0 Å². The Kier molecular flexibility index (Phi) is 10.6. The summed E-state index contributed by atoms with van der Waals surface area (Å²) in [6, 6.07) is 18.8. The first kappa shape index (κ1) is 33.5. The van der Waals surface area contributed by atoms with Crippen LogP contribution in [0.25, 0.3) is 22.3 Å². The molecule has 0 unspecified atom stereocenters. The topological polar surface area (TPSA) is 123 Å². The van der Waals surface area contributed by atoms with Crippen molar-refractivity contribution < 1.29 is 17.5 Å². The predicted octanol–water partition coefficient (Wildman–Crippen LogP) is 7.11. The summed E-state index contributed by atoms with van der Waals surface area (Å²) in [4.78, 5) is 24.3. The van der Waals surface area contributed by atoms with Crippen LogP contribution >= 0.6 is 27.3 Å². The Bertz CT molecular complexity index is 2130. The van der Waals surface area contributed by atoms with Gasteiger partial charge in [0.2, 0.25) is 0 Å². The van der Waals surface area contributed by atoms with Crippen LogP contribution in [0.5, 0.6) is 5.75 Å². The highest BCUT2D eigenvalue weighted by Crippen LogP contribution is 2.32. The molecule has 2 aromatic carbocycles. The first-order valence-corrected chi connectivity index (χ1v) is 18.4. The van der Waals surface area contributed by atoms with E-state index in [2.05, 4.69) is 41.2 Å². The van der Waals surface area contributed by atoms with E-state index in [1.54, 1.807) is 35.7 Å². The minimum Gasteiger partial charge on any atom is -0.488 e. The molecular weight excluding hydrogens is 717 g/mol. The van der Waals surface area contributed by atoms with Crippen LogP contribution in [0.4, 0.5) is 15.9 Å². The summed E-state index contributed by atoms with van der Waals surface area (Å²) in [5.74, 6) is 0.965. The summed E-state index contributed by atoms with van der Waals surface area (Å²) in [7, 11) is -1.49. The molecule has 246 valence electrons. The third-order valence-electron chi connectivity index (χ3n) is 7.44. The molecule has 0 spiro atoms. The zero-order valence-electron chi connectivity index (χ0n) is 25.9. The maximum absolute atomic E-state index is 13.5. The summed E-state index contributed by atoms with van der Waals surface area (Å²) < 4.78 is 45.2. The van der Waals surface area contributed by atoms with Gasteiger partial charge in [-0.3, -0.25) is 4.98 Å². The highest BCUT2D eigenvalue weighted by molar-refractivity contribution is 9.10. The molecule has 1 N–H and O–H groups in total. The van der Waals surface area contributed by atoms with Crippen molar-refractivity contribution in [3.63, 3.8) is 0 Å². The Labute approximate surface area is 290 Å². The molecular formula is C34H31BrFN7O3S2. The van der Waals surface area contributed by atoms with Crippen molar-refractivity contribution in [2.24, 2.45) is 0 Å². The van der Waals surface area contributed by atoms with E-state index in [1.807, 2.05) is 47.7 Å². The second kappa shape index (κ2) is 15.2. The predicted molar refractivity (Wildman–Crippen MR) is 189 cm³/mol. The fourth-order valence-corrected chi connectivity index (χ4v) is 7.48. The van der Waals surface area contributed by atoms with Crippen LogP contribution in [0.3, 0.4) is 0 Å². The van der Waals surface area contributed by atoms with Gasteiger partial charge in [-0.05, 0) is 90.0 Å². The van der Waals surface area contributed by atoms with Gasteiger partial charge in [0.15, 0.2) is 14.9 Å². The van der Waals surface area contributed by atoms with E-state index in [1.165, 1.54) is 30.7 Å². The third-order valence-corrected chi connectivity index (χ3v) is 10.6. The molecule has 0 saturated heterocycles. The molecule has 6 aromatic rings. The van der Waals surface area contributed by atoms with Crippen molar-refractivity contribution in [2.75, 3.05) is 31.2 Å². The summed E-state index contributed by atoms with van der Waals surface area (Å²) >= 11 is 5.15. The van der Waals surface area contributed by atoms with Crippen LogP contribution in [0.1, 0.15) is 17.0 Å². The lowest BCUT2D eigenvalue weighted by molar-refractivity contribution is 0.303. The van der Waals surface area contributed by atoms with Gasteiger partial charge in [0.05, 0.1) is 38.3 Å². The maximum atomic E-state index is 13.5. The minimum atomic E-state index is -3.41. The minimum absolute atomic E-state index is 0.0190. The molecule has 4 heterocycles. The molecule has 0 atom stereocenters. The second-order valence-corrected chi connectivity index (χ2v) is 14.9. The SMILES string of the molecule is CN(CCCc1nc(-c2cc3c(Nc4ccc(OCc5cccc(F)c5)c(Br)c4)ncnc3cn2)cs1)CCS(=O)(=O)c1ccccn1. The molecule has 10 nitrogen and oxygen atoms in total. The number of ether oxygens (including phenoxy) is 1. The van der Waals surface area contributed by atoms with Crippen molar-refractivity contribution in [1.82, 2.24) is 29.8 Å². The quantitative estimate of drug-likeness (QED) is 0.123. The van der Waals surface area contributed by atoms with Gasteiger partial charge in [-0.15, -0.1) is 11.3 Å². The number of nitrogens with one attached hydrogen (secondary N) is 1. The summed E-state index contributed by atoms with van der Waals surface area (Å²) in [6.07, 6.45) is 6.30. The molecule has 48 heavy (non-hydrogen) atoms. The van der Waals surface area contributed by atoms with Crippen LogP contribution < -0.4 is 10.1 Å². The molecule has 0 fully saturated rings. The zero-order chi connectivity index (χ0) is 33.5. The zero-order valence-corrected chi connectivity index (χ0v) is 29.1. The van der Waals surface area contributed by atoms with Gasteiger partial charge in [-0.2, -0.15) is 0 Å². The molecule has 4 aromatic heterocycles. The number of halogens is 2. The number of hydrogen-bond acceptors (Lipinski definition) is 11. The molecule has 0 aliphatic heterocycles. The van der Waals surface area contributed by atoms with Crippen LogP contribution in [0.2, 0.25) is 0 Å². The Balaban J connectivity index is 1.06. The number of anilines is 2. The van der Waals surface area contributed by atoms with E-state index in [0.717, 1.165) is 51.2 Å². The van der Waals surface area contributed by atoms with E-state index >= 15 is 0 Å². The number of rotatable bonds is 14. The number of pyridine rings is 2. The van der Waals surface area contributed by atoms with Crippen molar-refractivity contribution in [1.29, 1.82) is 0 Å². The molecule has 14 heteroatoms. The van der Waals surface area contributed by atoms with Crippen molar-refractivity contribution in [2.45, 2.75) is 24.5 Å². The standard InChI is InChI=1S/C34H31BrFN7O3S2/c1-43(14-15-48(44,45)33-9-2-3-12-37-33)13-5-8-32-42-30(21-47-32)28-18-26-29(19-38-28)39-22-40-34(26)41-25-10-11-31(27(35)17-25)46-20-23-6-4-7-24(36)16-23/h2-4,6-7,9-12,16-19,21-22H,5,8,13-15,20H2,1H3,(H,39,40,41). The van der Waals surface area contributed by atoms with E-state index in [9.17, 15) is 12.8 Å². The van der Waals surface area contributed by atoms with Gasteiger partial charge in [0, 0.05) is 35.6 Å². The Morgan fingerprint density at radius 1 is 0.979 bits per heavy atom. The van der Waals surface area contributed by atoms with Crippen molar-refractivity contribution in [3.8, 4) is 17.1 Å². The lowest BCUT2D eigenvalue weighted by atomic mass is 10.2. The third kappa shape index (κ3) is 8.55. The van der Waals surface area contributed by atoms with Crippen molar-refractivity contribution in [3.05, 3.63) is 112 Å². The van der Waals surface area contributed by atoms with Gasteiger partial charge >= 0.3 is 0 Å². The molecule has 0 aliphatic rings. The van der Waals surface area contributed by atoms with Crippen LogP contribution in [-0.2, 0) is 22.9 Å². The number of aryl methyl sites for hydroxylation is 1. The molecule has 0 aliphatic carbocycles. The lowest BCUT2D eigenvalue weighted by Crippen LogP contribution is -2.27. The highest BCUT2D eigenvalue weighted by atomic mass is 79.9. The molecule has 0 radical (unpaired) electrons. The number of aromatic nitrogens is 5. The van der Waals surface area contributed by atoms with E-state index in [4.69, 9.17) is 9.72 Å². The normalized spacial score (nSPS) is 11.7. The first-order valence-electron chi connectivity index (χ1n) is 15.1. The smallest absolute Gasteiger partial charge is 0.196 e. The van der Waals surface area contributed by atoms with Crippen LogP contribution in [0.15, 0.2) is 100 Å². The number of benzene rings is 2. The number of fused-ring (bicyclic) bond motifs is 1. The maximum Gasteiger partial charge on any atom is 0.196 e. The van der Waals surface area contributed by atoms with Gasteiger partial charge in [0.1, 0.15) is 30.3 Å². The van der Waals surface area contributed by atoms with Gasteiger partial charge in [-0.1, -0.05) is 18.2 Å². The number of nitrogens with zero attached hydrogens (tertiary/aromatic N) is 6. The summed E-state index contributed by atoms with van der Waals surface area (Å²) in [6.45, 7) is 1.40. The van der Waals surface area contributed by atoms with E-state index < -0.39 is 9.84 Å². The largest absolute Gasteiger partial charge is 0.488 e. The Morgan fingerprint density at radius 3 is 2.69 bits per heavy atom.